The summed E-state index contributed by atoms with van der Waals surface area (Å²) in [6.07, 6.45) is 0. The summed E-state index contributed by atoms with van der Waals surface area (Å²) in [4.78, 5) is 11.0. The van der Waals surface area contributed by atoms with Crippen LogP contribution in [0.15, 0.2) is 28.7 Å². The number of carbonyl (C=O) groups excluding carboxylic acids is 1. The van der Waals surface area contributed by atoms with E-state index in [1.807, 2.05) is 6.07 Å². The lowest BCUT2D eigenvalue weighted by Gasteiger charge is -2.04. The SMILES string of the molecule is Cc1nnc(CNc2cccc(C(N)=O)c2)o1. The number of benzene rings is 1. The Kier molecular flexibility index (Phi) is 3.04. The molecule has 88 valence electrons. The topological polar surface area (TPSA) is 94.0 Å². The number of aromatic nitrogens is 2. The molecule has 6 heteroatoms. The molecule has 6 nitrogen and oxygen atoms in total. The number of aryl methyl sites for hydroxylation is 1. The summed E-state index contributed by atoms with van der Waals surface area (Å²) < 4.78 is 5.21. The maximum absolute atomic E-state index is 11.0. The van der Waals surface area contributed by atoms with Crippen molar-refractivity contribution in [3.8, 4) is 0 Å². The zero-order valence-electron chi connectivity index (χ0n) is 9.30. The summed E-state index contributed by atoms with van der Waals surface area (Å²) in [5.41, 5.74) is 6.42. The number of hydrogen-bond acceptors (Lipinski definition) is 5. The number of amides is 1. The fourth-order valence-electron chi connectivity index (χ4n) is 1.37. The molecular weight excluding hydrogens is 220 g/mol. The van der Waals surface area contributed by atoms with Crippen molar-refractivity contribution in [2.45, 2.75) is 13.5 Å². The van der Waals surface area contributed by atoms with Crippen molar-refractivity contribution in [3.05, 3.63) is 41.6 Å². The van der Waals surface area contributed by atoms with E-state index in [1.165, 1.54) is 0 Å². The quantitative estimate of drug-likeness (QED) is 0.822. The average Bonchev–Trinajstić information content (AvgIpc) is 2.73. The van der Waals surface area contributed by atoms with Gasteiger partial charge in [-0.15, -0.1) is 10.2 Å². The van der Waals surface area contributed by atoms with Crippen LogP contribution in [0.1, 0.15) is 22.1 Å². The van der Waals surface area contributed by atoms with Crippen LogP contribution in [0, 0.1) is 6.92 Å². The van der Waals surface area contributed by atoms with Crippen molar-refractivity contribution in [1.29, 1.82) is 0 Å². The van der Waals surface area contributed by atoms with Crippen LogP contribution in [0.25, 0.3) is 0 Å². The van der Waals surface area contributed by atoms with Gasteiger partial charge in [0.15, 0.2) is 0 Å². The van der Waals surface area contributed by atoms with Crippen LogP contribution in [0.2, 0.25) is 0 Å². The normalized spacial score (nSPS) is 10.2. The van der Waals surface area contributed by atoms with E-state index in [2.05, 4.69) is 15.5 Å². The van der Waals surface area contributed by atoms with Crippen LogP contribution in [-0.4, -0.2) is 16.1 Å². The molecule has 0 saturated heterocycles. The lowest BCUT2D eigenvalue weighted by molar-refractivity contribution is 0.100. The Labute approximate surface area is 97.8 Å². The van der Waals surface area contributed by atoms with E-state index in [9.17, 15) is 4.79 Å². The lowest BCUT2D eigenvalue weighted by atomic mass is 10.2. The number of nitrogens with zero attached hydrogens (tertiary/aromatic N) is 2. The van der Waals surface area contributed by atoms with Gasteiger partial charge >= 0.3 is 0 Å². The molecule has 0 spiro atoms. The minimum atomic E-state index is -0.456. The Morgan fingerprint density at radius 2 is 2.29 bits per heavy atom. The van der Waals surface area contributed by atoms with Crippen LogP contribution in [-0.2, 0) is 6.54 Å². The Morgan fingerprint density at radius 1 is 1.47 bits per heavy atom. The number of nitrogens with one attached hydrogen (secondary N) is 1. The molecule has 1 amide bonds. The van der Waals surface area contributed by atoms with Crippen molar-refractivity contribution in [2.75, 3.05) is 5.32 Å². The largest absolute Gasteiger partial charge is 0.424 e. The molecule has 0 saturated carbocycles. The molecule has 0 aliphatic carbocycles. The first kappa shape index (κ1) is 11.1. The second kappa shape index (κ2) is 4.65. The standard InChI is InChI=1S/C11H12N4O2/c1-7-14-15-10(17-7)6-13-9-4-2-3-8(5-9)11(12)16/h2-5,13H,6H2,1H3,(H2,12,16). The fourth-order valence-corrected chi connectivity index (χ4v) is 1.37. The molecule has 0 unspecified atom stereocenters. The molecule has 0 fully saturated rings. The smallest absolute Gasteiger partial charge is 0.248 e. The molecule has 3 N–H and O–H groups in total. The van der Waals surface area contributed by atoms with Gasteiger partial charge in [0, 0.05) is 18.2 Å². The first-order valence-corrected chi connectivity index (χ1v) is 5.08. The molecule has 2 rings (SSSR count). The van der Waals surface area contributed by atoms with Crippen LogP contribution in [0.5, 0.6) is 0 Å². The highest BCUT2D eigenvalue weighted by Crippen LogP contribution is 2.11. The second-order valence-electron chi connectivity index (χ2n) is 3.51. The third kappa shape index (κ3) is 2.81. The monoisotopic (exact) mass is 232 g/mol. The maximum atomic E-state index is 11.0. The Balaban J connectivity index is 2.04. The van der Waals surface area contributed by atoms with Crippen molar-refractivity contribution in [3.63, 3.8) is 0 Å². The predicted molar refractivity (Wildman–Crippen MR) is 61.3 cm³/mol. The van der Waals surface area contributed by atoms with Crippen molar-refractivity contribution in [2.24, 2.45) is 5.73 Å². The van der Waals surface area contributed by atoms with Gasteiger partial charge < -0.3 is 15.5 Å². The maximum Gasteiger partial charge on any atom is 0.248 e. The van der Waals surface area contributed by atoms with E-state index < -0.39 is 5.91 Å². The summed E-state index contributed by atoms with van der Waals surface area (Å²) in [5.74, 6) is 0.557. The second-order valence-corrected chi connectivity index (χ2v) is 3.51. The summed E-state index contributed by atoms with van der Waals surface area (Å²) in [7, 11) is 0. The van der Waals surface area contributed by atoms with Gasteiger partial charge in [-0.05, 0) is 18.2 Å². The molecule has 0 aliphatic rings. The molecule has 2 aromatic rings. The van der Waals surface area contributed by atoms with Crippen LogP contribution in [0.4, 0.5) is 5.69 Å². The number of rotatable bonds is 4. The molecular formula is C11H12N4O2. The summed E-state index contributed by atoms with van der Waals surface area (Å²) >= 11 is 0. The van der Waals surface area contributed by atoms with E-state index >= 15 is 0 Å². The third-order valence-electron chi connectivity index (χ3n) is 2.16. The minimum Gasteiger partial charge on any atom is -0.424 e. The number of nitrogens with two attached hydrogens (primary N) is 1. The van der Waals surface area contributed by atoms with E-state index in [4.69, 9.17) is 10.2 Å². The fraction of sp³-hybridized carbons (Fsp3) is 0.182. The van der Waals surface area contributed by atoms with Gasteiger partial charge in [0.25, 0.3) is 0 Å². The first-order valence-electron chi connectivity index (χ1n) is 5.08. The van der Waals surface area contributed by atoms with Gasteiger partial charge in [0.2, 0.25) is 17.7 Å². The zero-order valence-corrected chi connectivity index (χ0v) is 9.30. The number of anilines is 1. The van der Waals surface area contributed by atoms with Gasteiger partial charge in [-0.25, -0.2) is 0 Å². The Morgan fingerprint density at radius 3 is 2.94 bits per heavy atom. The van der Waals surface area contributed by atoms with Crippen molar-refractivity contribution in [1.82, 2.24) is 10.2 Å². The first-order chi connectivity index (χ1) is 8.15. The number of carbonyl (C=O) groups is 1. The molecule has 1 aromatic heterocycles. The highest BCUT2D eigenvalue weighted by Gasteiger charge is 2.03. The van der Waals surface area contributed by atoms with E-state index in [0.717, 1.165) is 5.69 Å². The Bertz CT molecular complexity index is 536. The highest BCUT2D eigenvalue weighted by atomic mass is 16.4. The molecule has 0 bridgehead atoms. The van der Waals surface area contributed by atoms with Crippen molar-refractivity contribution < 1.29 is 9.21 Å². The van der Waals surface area contributed by atoms with E-state index in [0.29, 0.717) is 23.9 Å². The van der Waals surface area contributed by atoms with Gasteiger partial charge in [0.05, 0.1) is 6.54 Å². The van der Waals surface area contributed by atoms with E-state index in [1.54, 1.807) is 25.1 Å². The molecule has 0 aliphatic heterocycles. The van der Waals surface area contributed by atoms with E-state index in [-0.39, 0.29) is 0 Å². The molecule has 1 aromatic carbocycles. The number of hydrogen-bond donors (Lipinski definition) is 2. The summed E-state index contributed by atoms with van der Waals surface area (Å²) in [6.45, 7) is 2.13. The number of primary amides is 1. The zero-order chi connectivity index (χ0) is 12.3. The molecule has 17 heavy (non-hydrogen) atoms. The molecule has 0 radical (unpaired) electrons. The minimum absolute atomic E-state index is 0.406. The van der Waals surface area contributed by atoms with Crippen LogP contribution < -0.4 is 11.1 Å². The highest BCUT2D eigenvalue weighted by molar-refractivity contribution is 5.93. The van der Waals surface area contributed by atoms with Gasteiger partial charge in [0.1, 0.15) is 0 Å². The van der Waals surface area contributed by atoms with Crippen LogP contribution >= 0.6 is 0 Å². The van der Waals surface area contributed by atoms with Crippen LogP contribution in [0.3, 0.4) is 0 Å². The van der Waals surface area contributed by atoms with Gasteiger partial charge in [-0.1, -0.05) is 6.07 Å². The average molecular weight is 232 g/mol. The molecule has 0 atom stereocenters. The lowest BCUT2D eigenvalue weighted by Crippen LogP contribution is -2.11. The third-order valence-corrected chi connectivity index (χ3v) is 2.16. The van der Waals surface area contributed by atoms with Gasteiger partial charge in [-0.3, -0.25) is 4.79 Å². The summed E-state index contributed by atoms with van der Waals surface area (Å²) in [5, 5.41) is 10.6. The Hall–Kier alpha value is -2.37. The predicted octanol–water partition coefficient (Wildman–Crippen LogP) is 1.09. The van der Waals surface area contributed by atoms with Crippen molar-refractivity contribution >= 4 is 11.6 Å². The summed E-state index contributed by atoms with van der Waals surface area (Å²) in [6, 6.07) is 6.91. The van der Waals surface area contributed by atoms with Gasteiger partial charge in [-0.2, -0.15) is 0 Å². The molecule has 1 heterocycles.